The quantitative estimate of drug-likeness (QED) is 0.871. The predicted molar refractivity (Wildman–Crippen MR) is 80.2 cm³/mol. The summed E-state index contributed by atoms with van der Waals surface area (Å²) in [5.74, 6) is 1.07. The molecule has 0 saturated carbocycles. The molecule has 0 unspecified atom stereocenters. The Labute approximate surface area is 119 Å². The average Bonchev–Trinajstić information content (AvgIpc) is 2.93. The molecule has 4 heteroatoms. The topological polar surface area (TPSA) is 46.3 Å². The molecule has 2 rings (SSSR count). The summed E-state index contributed by atoms with van der Waals surface area (Å²) in [5.41, 5.74) is 5.59. The lowest BCUT2D eigenvalue weighted by atomic mass is 9.93. The lowest BCUT2D eigenvalue weighted by Gasteiger charge is -2.32. The van der Waals surface area contributed by atoms with Crippen molar-refractivity contribution in [3.63, 3.8) is 0 Å². The maximum absolute atomic E-state index is 12.1. The standard InChI is InChI=1S/C15H24N2OS/c16-9-6-13-7-10-17(11-8-13)15(18)5-1-3-14-4-2-12-19-14/h2,4,12-13H,1,3,5-11,16H2. The number of carbonyl (C=O) groups excluding carboxylic acids is 1. The van der Waals surface area contributed by atoms with Gasteiger partial charge < -0.3 is 10.6 Å². The van der Waals surface area contributed by atoms with Crippen molar-refractivity contribution in [2.45, 2.75) is 38.5 Å². The van der Waals surface area contributed by atoms with Crippen LogP contribution < -0.4 is 5.73 Å². The van der Waals surface area contributed by atoms with Gasteiger partial charge in [-0.1, -0.05) is 6.07 Å². The molecule has 1 saturated heterocycles. The third-order valence-corrected chi connectivity index (χ3v) is 4.87. The van der Waals surface area contributed by atoms with Crippen LogP contribution >= 0.6 is 11.3 Å². The Hall–Kier alpha value is -0.870. The second kappa shape index (κ2) is 7.65. The van der Waals surface area contributed by atoms with E-state index in [-0.39, 0.29) is 0 Å². The fraction of sp³-hybridized carbons (Fsp3) is 0.667. The van der Waals surface area contributed by atoms with Gasteiger partial charge in [-0.2, -0.15) is 0 Å². The molecule has 1 aliphatic heterocycles. The zero-order chi connectivity index (χ0) is 13.5. The van der Waals surface area contributed by atoms with E-state index in [2.05, 4.69) is 17.5 Å². The molecule has 0 aliphatic carbocycles. The summed E-state index contributed by atoms with van der Waals surface area (Å²) in [4.78, 5) is 15.5. The Kier molecular flexibility index (Phi) is 5.86. The first-order valence-corrected chi connectivity index (χ1v) is 8.18. The number of aryl methyl sites for hydroxylation is 1. The Bertz CT molecular complexity index is 370. The van der Waals surface area contributed by atoms with Crippen LogP contribution in [0, 0.1) is 5.92 Å². The van der Waals surface area contributed by atoms with Crippen molar-refractivity contribution in [2.75, 3.05) is 19.6 Å². The Morgan fingerprint density at radius 2 is 2.21 bits per heavy atom. The van der Waals surface area contributed by atoms with E-state index in [1.807, 2.05) is 4.90 Å². The summed E-state index contributed by atoms with van der Waals surface area (Å²) < 4.78 is 0. The van der Waals surface area contributed by atoms with Crippen molar-refractivity contribution in [1.82, 2.24) is 4.90 Å². The van der Waals surface area contributed by atoms with Gasteiger partial charge in [0.25, 0.3) is 0 Å². The monoisotopic (exact) mass is 280 g/mol. The SMILES string of the molecule is NCCC1CCN(C(=O)CCCc2cccs2)CC1. The van der Waals surface area contributed by atoms with Gasteiger partial charge in [0, 0.05) is 24.4 Å². The number of piperidine rings is 1. The molecule has 2 N–H and O–H groups in total. The van der Waals surface area contributed by atoms with E-state index in [0.717, 1.165) is 57.7 Å². The van der Waals surface area contributed by atoms with Gasteiger partial charge in [0.05, 0.1) is 0 Å². The number of carbonyl (C=O) groups is 1. The van der Waals surface area contributed by atoms with E-state index in [1.54, 1.807) is 11.3 Å². The minimum Gasteiger partial charge on any atom is -0.343 e. The fourth-order valence-electron chi connectivity index (χ4n) is 2.73. The molecule has 1 amide bonds. The molecule has 1 aromatic heterocycles. The van der Waals surface area contributed by atoms with Gasteiger partial charge in [0.15, 0.2) is 0 Å². The minimum absolute atomic E-state index is 0.336. The zero-order valence-corrected chi connectivity index (χ0v) is 12.3. The summed E-state index contributed by atoms with van der Waals surface area (Å²) in [6, 6.07) is 4.22. The highest BCUT2D eigenvalue weighted by molar-refractivity contribution is 7.09. The van der Waals surface area contributed by atoms with Crippen molar-refractivity contribution < 1.29 is 4.79 Å². The molecule has 1 aliphatic rings. The van der Waals surface area contributed by atoms with Crippen LogP contribution in [0.15, 0.2) is 17.5 Å². The molecule has 19 heavy (non-hydrogen) atoms. The van der Waals surface area contributed by atoms with Crippen molar-refractivity contribution in [1.29, 1.82) is 0 Å². The zero-order valence-electron chi connectivity index (χ0n) is 11.5. The molecule has 1 aromatic rings. The molecule has 0 radical (unpaired) electrons. The maximum Gasteiger partial charge on any atom is 0.222 e. The predicted octanol–water partition coefficient (Wildman–Crippen LogP) is 2.66. The Morgan fingerprint density at radius 1 is 1.42 bits per heavy atom. The lowest BCUT2D eigenvalue weighted by molar-refractivity contribution is -0.132. The van der Waals surface area contributed by atoms with Crippen LogP contribution in [-0.4, -0.2) is 30.4 Å². The normalized spacial score (nSPS) is 16.8. The van der Waals surface area contributed by atoms with Crippen molar-refractivity contribution in [3.8, 4) is 0 Å². The van der Waals surface area contributed by atoms with Gasteiger partial charge >= 0.3 is 0 Å². The molecule has 106 valence electrons. The van der Waals surface area contributed by atoms with Gasteiger partial charge in [-0.3, -0.25) is 4.79 Å². The van der Waals surface area contributed by atoms with Crippen LogP contribution in [0.5, 0.6) is 0 Å². The van der Waals surface area contributed by atoms with Gasteiger partial charge in [-0.25, -0.2) is 0 Å². The van der Waals surface area contributed by atoms with E-state index in [0.29, 0.717) is 12.3 Å². The van der Waals surface area contributed by atoms with Gasteiger partial charge in [0.1, 0.15) is 0 Å². The van der Waals surface area contributed by atoms with E-state index in [9.17, 15) is 4.79 Å². The number of nitrogens with zero attached hydrogens (tertiary/aromatic N) is 1. The van der Waals surface area contributed by atoms with Crippen LogP contribution in [0.4, 0.5) is 0 Å². The van der Waals surface area contributed by atoms with Crippen LogP contribution in [-0.2, 0) is 11.2 Å². The minimum atomic E-state index is 0.336. The third kappa shape index (κ3) is 4.62. The first-order valence-electron chi connectivity index (χ1n) is 7.30. The molecule has 0 atom stereocenters. The highest BCUT2D eigenvalue weighted by Gasteiger charge is 2.21. The molecule has 2 heterocycles. The van der Waals surface area contributed by atoms with Gasteiger partial charge in [0.2, 0.25) is 5.91 Å². The molecular formula is C15H24N2OS. The molecular weight excluding hydrogens is 256 g/mol. The first kappa shape index (κ1) is 14.5. The fourth-order valence-corrected chi connectivity index (χ4v) is 3.48. The second-order valence-electron chi connectivity index (χ2n) is 5.33. The number of likely N-dealkylation sites (tertiary alicyclic amines) is 1. The average molecular weight is 280 g/mol. The summed E-state index contributed by atoms with van der Waals surface area (Å²) in [5, 5.41) is 2.10. The Morgan fingerprint density at radius 3 is 2.84 bits per heavy atom. The van der Waals surface area contributed by atoms with E-state index < -0.39 is 0 Å². The number of thiophene rings is 1. The van der Waals surface area contributed by atoms with Gasteiger partial charge in [-0.05, 0) is 56.0 Å². The number of hydrogen-bond donors (Lipinski definition) is 1. The van der Waals surface area contributed by atoms with E-state index >= 15 is 0 Å². The summed E-state index contributed by atoms with van der Waals surface area (Å²) in [6.45, 7) is 2.64. The smallest absolute Gasteiger partial charge is 0.222 e. The van der Waals surface area contributed by atoms with Crippen LogP contribution in [0.25, 0.3) is 0 Å². The van der Waals surface area contributed by atoms with Crippen LogP contribution in [0.2, 0.25) is 0 Å². The van der Waals surface area contributed by atoms with Crippen LogP contribution in [0.1, 0.15) is 37.0 Å². The summed E-state index contributed by atoms with van der Waals surface area (Å²) in [6.07, 6.45) is 6.08. The number of rotatable bonds is 6. The summed E-state index contributed by atoms with van der Waals surface area (Å²) in [7, 11) is 0. The largest absolute Gasteiger partial charge is 0.343 e. The van der Waals surface area contributed by atoms with E-state index in [1.165, 1.54) is 4.88 Å². The van der Waals surface area contributed by atoms with Crippen molar-refractivity contribution in [2.24, 2.45) is 11.7 Å². The van der Waals surface area contributed by atoms with Gasteiger partial charge in [-0.15, -0.1) is 11.3 Å². The highest BCUT2D eigenvalue weighted by Crippen LogP contribution is 2.21. The first-order chi connectivity index (χ1) is 9.29. The number of amides is 1. The van der Waals surface area contributed by atoms with Crippen molar-refractivity contribution in [3.05, 3.63) is 22.4 Å². The Balaban J connectivity index is 1.64. The molecule has 0 bridgehead atoms. The molecule has 0 aromatic carbocycles. The summed E-state index contributed by atoms with van der Waals surface area (Å²) >= 11 is 1.78. The second-order valence-corrected chi connectivity index (χ2v) is 6.37. The molecule has 0 spiro atoms. The van der Waals surface area contributed by atoms with Crippen LogP contribution in [0.3, 0.4) is 0 Å². The maximum atomic E-state index is 12.1. The third-order valence-electron chi connectivity index (χ3n) is 3.94. The number of hydrogen-bond acceptors (Lipinski definition) is 3. The van der Waals surface area contributed by atoms with E-state index in [4.69, 9.17) is 5.73 Å². The van der Waals surface area contributed by atoms with Crippen molar-refractivity contribution >= 4 is 17.2 Å². The number of nitrogens with two attached hydrogens (primary N) is 1. The molecule has 1 fully saturated rings. The lowest BCUT2D eigenvalue weighted by Crippen LogP contribution is -2.38. The molecule has 3 nitrogen and oxygen atoms in total. The highest BCUT2D eigenvalue weighted by atomic mass is 32.1.